The first-order valence-electron chi connectivity index (χ1n) is 5.40. The van der Waals surface area contributed by atoms with Crippen molar-refractivity contribution in [2.24, 2.45) is 0 Å². The molecule has 0 radical (unpaired) electrons. The van der Waals surface area contributed by atoms with Crippen molar-refractivity contribution >= 4 is 0 Å². The zero-order chi connectivity index (χ0) is 11.3. The summed E-state index contributed by atoms with van der Waals surface area (Å²) < 4.78 is 5.48. The molecule has 1 heterocycles. The summed E-state index contributed by atoms with van der Waals surface area (Å²) >= 11 is 0. The van der Waals surface area contributed by atoms with E-state index in [0.29, 0.717) is 6.61 Å². The second-order valence-electron chi connectivity index (χ2n) is 3.58. The van der Waals surface area contributed by atoms with Crippen molar-refractivity contribution in [1.29, 1.82) is 0 Å². The maximum atomic E-state index is 10.1. The summed E-state index contributed by atoms with van der Waals surface area (Å²) in [7, 11) is 0. The Hall–Kier alpha value is -0.930. The summed E-state index contributed by atoms with van der Waals surface area (Å²) in [5.41, 5.74) is 1.91. The highest BCUT2D eigenvalue weighted by Gasteiger charge is 2.20. The van der Waals surface area contributed by atoms with Gasteiger partial charge in [-0.1, -0.05) is 6.92 Å². The number of rotatable bonds is 5. The molecule has 0 aliphatic heterocycles. The van der Waals surface area contributed by atoms with Crippen LogP contribution in [0.4, 0.5) is 0 Å². The zero-order valence-corrected chi connectivity index (χ0v) is 9.60. The van der Waals surface area contributed by atoms with Gasteiger partial charge in [0.1, 0.15) is 6.10 Å². The molecule has 0 fully saturated rings. The molecule has 1 N–H and O–H groups in total. The fourth-order valence-electron chi connectivity index (χ4n) is 1.63. The molecule has 1 aromatic rings. The van der Waals surface area contributed by atoms with E-state index in [1.165, 1.54) is 0 Å². The molecule has 2 unspecified atom stereocenters. The number of aliphatic hydroxyl groups is 1. The fraction of sp³-hybridized carbons (Fsp3) is 0.583. The van der Waals surface area contributed by atoms with Gasteiger partial charge in [-0.15, -0.1) is 0 Å². The maximum Gasteiger partial charge on any atom is 0.107 e. The zero-order valence-electron chi connectivity index (χ0n) is 9.60. The highest BCUT2D eigenvalue weighted by atomic mass is 16.5. The van der Waals surface area contributed by atoms with E-state index in [-0.39, 0.29) is 6.10 Å². The first-order chi connectivity index (χ1) is 7.20. The van der Waals surface area contributed by atoms with E-state index >= 15 is 0 Å². The van der Waals surface area contributed by atoms with E-state index in [4.69, 9.17) is 4.74 Å². The number of ether oxygens (including phenoxy) is 1. The second kappa shape index (κ2) is 5.83. The van der Waals surface area contributed by atoms with Crippen molar-refractivity contribution in [3.8, 4) is 0 Å². The van der Waals surface area contributed by atoms with Gasteiger partial charge in [-0.3, -0.25) is 4.98 Å². The predicted molar refractivity (Wildman–Crippen MR) is 59.6 cm³/mol. The lowest BCUT2D eigenvalue weighted by molar-refractivity contribution is -0.0359. The minimum Gasteiger partial charge on any atom is -0.386 e. The smallest absolute Gasteiger partial charge is 0.107 e. The molecule has 3 heteroatoms. The summed E-state index contributed by atoms with van der Waals surface area (Å²) in [5.74, 6) is 0. The van der Waals surface area contributed by atoms with Gasteiger partial charge < -0.3 is 9.84 Å². The Labute approximate surface area is 91.1 Å². The molecule has 84 valence electrons. The molecule has 1 aromatic heterocycles. The summed E-state index contributed by atoms with van der Waals surface area (Å²) in [4.78, 5) is 4.03. The summed E-state index contributed by atoms with van der Waals surface area (Å²) in [5, 5.41) is 10.1. The molecule has 0 aromatic carbocycles. The fourth-order valence-corrected chi connectivity index (χ4v) is 1.63. The van der Waals surface area contributed by atoms with Gasteiger partial charge in [0.2, 0.25) is 0 Å². The van der Waals surface area contributed by atoms with E-state index in [2.05, 4.69) is 4.98 Å². The van der Waals surface area contributed by atoms with Crippen LogP contribution in [0.15, 0.2) is 18.5 Å². The van der Waals surface area contributed by atoms with E-state index in [1.807, 2.05) is 26.8 Å². The third-order valence-electron chi connectivity index (χ3n) is 2.53. The molecule has 0 aliphatic rings. The molecule has 3 nitrogen and oxygen atoms in total. The van der Waals surface area contributed by atoms with Crippen molar-refractivity contribution in [1.82, 2.24) is 4.98 Å². The van der Waals surface area contributed by atoms with Gasteiger partial charge in [0, 0.05) is 24.6 Å². The van der Waals surface area contributed by atoms with Crippen LogP contribution >= 0.6 is 0 Å². The number of aromatic nitrogens is 1. The quantitative estimate of drug-likeness (QED) is 0.808. The highest BCUT2D eigenvalue weighted by Crippen LogP contribution is 2.23. The Bertz CT molecular complexity index is 301. The topological polar surface area (TPSA) is 42.4 Å². The van der Waals surface area contributed by atoms with Crippen LogP contribution in [0.1, 0.15) is 37.5 Å². The molecular formula is C12H19NO2. The Morgan fingerprint density at radius 2 is 2.20 bits per heavy atom. The number of nitrogens with zero attached hydrogens (tertiary/aromatic N) is 1. The Morgan fingerprint density at radius 1 is 1.47 bits per heavy atom. The van der Waals surface area contributed by atoms with Crippen LogP contribution in [0.3, 0.4) is 0 Å². The molecule has 0 saturated heterocycles. The van der Waals surface area contributed by atoms with Crippen LogP contribution in [-0.2, 0) is 4.74 Å². The second-order valence-corrected chi connectivity index (χ2v) is 3.58. The van der Waals surface area contributed by atoms with Crippen LogP contribution in [0.2, 0.25) is 0 Å². The largest absolute Gasteiger partial charge is 0.386 e. The molecular weight excluding hydrogens is 190 g/mol. The monoisotopic (exact) mass is 209 g/mol. The van der Waals surface area contributed by atoms with Crippen molar-refractivity contribution in [2.45, 2.75) is 39.4 Å². The SMILES string of the molecule is CCOC(CC)C(O)c1cnccc1C. The van der Waals surface area contributed by atoms with Crippen LogP contribution in [0.5, 0.6) is 0 Å². The molecule has 0 saturated carbocycles. The lowest BCUT2D eigenvalue weighted by atomic mass is 10.0. The molecule has 1 rings (SSSR count). The third-order valence-corrected chi connectivity index (χ3v) is 2.53. The van der Waals surface area contributed by atoms with Crippen molar-refractivity contribution in [3.05, 3.63) is 29.6 Å². The van der Waals surface area contributed by atoms with Crippen LogP contribution in [-0.4, -0.2) is 22.8 Å². The van der Waals surface area contributed by atoms with Gasteiger partial charge in [0.25, 0.3) is 0 Å². The van der Waals surface area contributed by atoms with E-state index in [0.717, 1.165) is 17.5 Å². The maximum absolute atomic E-state index is 10.1. The lowest BCUT2D eigenvalue weighted by Crippen LogP contribution is -2.22. The lowest BCUT2D eigenvalue weighted by Gasteiger charge is -2.22. The van der Waals surface area contributed by atoms with Gasteiger partial charge in [-0.05, 0) is 31.9 Å². The summed E-state index contributed by atoms with van der Waals surface area (Å²) in [6, 6.07) is 1.90. The Morgan fingerprint density at radius 3 is 2.73 bits per heavy atom. The Kier molecular flexibility index (Phi) is 4.72. The molecule has 0 amide bonds. The van der Waals surface area contributed by atoms with E-state index in [1.54, 1.807) is 12.4 Å². The minimum atomic E-state index is -0.580. The van der Waals surface area contributed by atoms with Crippen LogP contribution in [0.25, 0.3) is 0 Å². The number of aliphatic hydroxyl groups excluding tert-OH is 1. The molecule has 15 heavy (non-hydrogen) atoms. The molecule has 0 bridgehead atoms. The Balaban J connectivity index is 2.82. The number of hydrogen-bond acceptors (Lipinski definition) is 3. The van der Waals surface area contributed by atoms with E-state index < -0.39 is 6.10 Å². The average Bonchev–Trinajstić information content (AvgIpc) is 2.25. The van der Waals surface area contributed by atoms with Crippen LogP contribution in [0, 0.1) is 6.92 Å². The number of hydrogen-bond donors (Lipinski definition) is 1. The van der Waals surface area contributed by atoms with Gasteiger partial charge in [0.15, 0.2) is 0 Å². The van der Waals surface area contributed by atoms with Gasteiger partial charge in [0.05, 0.1) is 6.10 Å². The normalized spacial score (nSPS) is 14.9. The van der Waals surface area contributed by atoms with Crippen LogP contribution < -0.4 is 0 Å². The van der Waals surface area contributed by atoms with Gasteiger partial charge in [-0.25, -0.2) is 0 Å². The molecule has 0 aliphatic carbocycles. The molecule has 0 spiro atoms. The predicted octanol–water partition coefficient (Wildman–Crippen LogP) is 2.24. The van der Waals surface area contributed by atoms with Crippen molar-refractivity contribution < 1.29 is 9.84 Å². The van der Waals surface area contributed by atoms with Gasteiger partial charge >= 0.3 is 0 Å². The standard InChI is InChI=1S/C12H19NO2/c1-4-11(15-5-2)12(14)10-8-13-7-6-9(10)3/h6-8,11-12,14H,4-5H2,1-3H3. The average molecular weight is 209 g/mol. The van der Waals surface area contributed by atoms with Crippen molar-refractivity contribution in [3.63, 3.8) is 0 Å². The minimum absolute atomic E-state index is 0.141. The first-order valence-corrected chi connectivity index (χ1v) is 5.40. The third kappa shape index (κ3) is 3.01. The summed E-state index contributed by atoms with van der Waals surface area (Å²) in [6.45, 7) is 6.54. The summed E-state index contributed by atoms with van der Waals surface area (Å²) in [6.07, 6.45) is 3.51. The van der Waals surface area contributed by atoms with Crippen molar-refractivity contribution in [2.75, 3.05) is 6.61 Å². The first kappa shape index (κ1) is 12.1. The molecule has 2 atom stereocenters. The highest BCUT2D eigenvalue weighted by molar-refractivity contribution is 5.24. The van der Waals surface area contributed by atoms with Gasteiger partial charge in [-0.2, -0.15) is 0 Å². The number of pyridine rings is 1. The number of aryl methyl sites for hydroxylation is 1. The van der Waals surface area contributed by atoms with E-state index in [9.17, 15) is 5.11 Å².